The fourth-order valence-electron chi connectivity index (χ4n) is 5.32. The van der Waals surface area contributed by atoms with Gasteiger partial charge in [-0.2, -0.15) is 0 Å². The highest BCUT2D eigenvalue weighted by Crippen LogP contribution is 2.40. The second kappa shape index (κ2) is 8.17. The van der Waals surface area contributed by atoms with E-state index in [2.05, 4.69) is 103 Å². The fraction of sp³-hybridized carbons (Fsp3) is 0.0909. The van der Waals surface area contributed by atoms with Gasteiger partial charge in [-0.15, -0.1) is 0 Å². The summed E-state index contributed by atoms with van der Waals surface area (Å²) >= 11 is 0. The van der Waals surface area contributed by atoms with Crippen LogP contribution in [0.3, 0.4) is 0 Å². The summed E-state index contributed by atoms with van der Waals surface area (Å²) in [5, 5.41) is 2.14. The van der Waals surface area contributed by atoms with Crippen LogP contribution in [0.25, 0.3) is 61.3 Å². The third-order valence-corrected chi connectivity index (χ3v) is 7.30. The third kappa shape index (κ3) is 3.30. The van der Waals surface area contributed by atoms with E-state index >= 15 is 0 Å². The molecule has 0 N–H and O–H groups in total. The molecule has 3 aromatic heterocycles. The number of hydrogen-bond donors (Lipinski definition) is 0. The number of hydrogen-bond acceptors (Lipinski definition) is 3. The molecular formula is C33H25N3O. The number of para-hydroxylation sites is 3. The molecule has 0 aliphatic rings. The largest absolute Gasteiger partial charge is 0.437 e. The summed E-state index contributed by atoms with van der Waals surface area (Å²) in [6, 6.07) is 33.8. The number of rotatable bonds is 3. The first-order valence-electron chi connectivity index (χ1n) is 12.5. The minimum atomic E-state index is 0.668. The lowest BCUT2D eigenvalue weighted by Crippen LogP contribution is -2.00. The Labute approximate surface area is 214 Å². The van der Waals surface area contributed by atoms with Crippen molar-refractivity contribution in [2.45, 2.75) is 20.8 Å². The average molecular weight is 480 g/mol. The summed E-state index contributed by atoms with van der Waals surface area (Å²) in [4.78, 5) is 9.93. The van der Waals surface area contributed by atoms with Gasteiger partial charge < -0.3 is 4.42 Å². The van der Waals surface area contributed by atoms with Crippen LogP contribution in [0.1, 0.15) is 16.8 Å². The van der Waals surface area contributed by atoms with Gasteiger partial charge in [0.1, 0.15) is 11.4 Å². The van der Waals surface area contributed by atoms with Crippen LogP contribution in [0, 0.1) is 20.8 Å². The van der Waals surface area contributed by atoms with E-state index in [9.17, 15) is 0 Å². The van der Waals surface area contributed by atoms with Gasteiger partial charge in [-0.1, -0.05) is 66.7 Å². The molecule has 0 unspecified atom stereocenters. The van der Waals surface area contributed by atoms with Crippen molar-refractivity contribution in [2.24, 2.45) is 0 Å². The van der Waals surface area contributed by atoms with Crippen LogP contribution in [0.5, 0.6) is 0 Å². The predicted molar refractivity (Wildman–Crippen MR) is 151 cm³/mol. The number of benzene rings is 4. The summed E-state index contributed by atoms with van der Waals surface area (Å²) in [5.41, 5.74) is 11.1. The second-order valence-electron chi connectivity index (χ2n) is 9.62. The van der Waals surface area contributed by atoms with Crippen LogP contribution in [0.2, 0.25) is 0 Å². The molecule has 0 fully saturated rings. The first-order valence-corrected chi connectivity index (χ1v) is 12.5. The van der Waals surface area contributed by atoms with Gasteiger partial charge in [0.25, 0.3) is 0 Å². The van der Waals surface area contributed by atoms with Crippen molar-refractivity contribution in [3.63, 3.8) is 0 Å². The Kier molecular flexibility index (Phi) is 4.76. The molecule has 0 aliphatic heterocycles. The summed E-state index contributed by atoms with van der Waals surface area (Å²) in [6.45, 7) is 6.25. The molecule has 7 aromatic rings. The molecular weight excluding hydrogens is 454 g/mol. The van der Waals surface area contributed by atoms with Gasteiger partial charge in [0, 0.05) is 22.0 Å². The Hall–Kier alpha value is -4.70. The van der Waals surface area contributed by atoms with Gasteiger partial charge in [-0.25, -0.2) is 9.97 Å². The highest BCUT2D eigenvalue weighted by molar-refractivity contribution is 6.10. The Morgan fingerprint density at radius 2 is 1.43 bits per heavy atom. The van der Waals surface area contributed by atoms with E-state index in [1.807, 2.05) is 19.1 Å². The number of imidazole rings is 1. The lowest BCUT2D eigenvalue weighted by atomic mass is 10.0. The summed E-state index contributed by atoms with van der Waals surface area (Å²) < 4.78 is 8.75. The van der Waals surface area contributed by atoms with Crippen LogP contribution in [0.15, 0.2) is 101 Å². The number of furan rings is 1. The van der Waals surface area contributed by atoms with Crippen molar-refractivity contribution >= 4 is 33.1 Å². The van der Waals surface area contributed by atoms with Crippen LogP contribution >= 0.6 is 0 Å². The molecule has 0 radical (unpaired) electrons. The molecule has 0 aliphatic carbocycles. The van der Waals surface area contributed by atoms with Gasteiger partial charge in [0.15, 0.2) is 0 Å². The fourth-order valence-corrected chi connectivity index (χ4v) is 5.32. The highest BCUT2D eigenvalue weighted by Gasteiger charge is 2.22. The molecule has 0 saturated heterocycles. The maximum Gasteiger partial charge on any atom is 0.227 e. The highest BCUT2D eigenvalue weighted by atomic mass is 16.3. The molecule has 7 rings (SSSR count). The lowest BCUT2D eigenvalue weighted by Gasteiger charge is -2.15. The summed E-state index contributed by atoms with van der Waals surface area (Å²) in [7, 11) is 0. The summed E-state index contributed by atoms with van der Waals surface area (Å²) in [6.07, 6.45) is 0. The van der Waals surface area contributed by atoms with E-state index in [4.69, 9.17) is 14.4 Å². The average Bonchev–Trinajstić information content (AvgIpc) is 3.49. The smallest absolute Gasteiger partial charge is 0.227 e. The minimum Gasteiger partial charge on any atom is -0.437 e. The van der Waals surface area contributed by atoms with Crippen molar-refractivity contribution in [3.05, 3.63) is 114 Å². The number of aryl methyl sites for hydroxylation is 3. The summed E-state index contributed by atoms with van der Waals surface area (Å²) in [5.74, 6) is 0.849. The molecule has 37 heavy (non-hydrogen) atoms. The number of nitrogens with zero attached hydrogens (tertiary/aromatic N) is 3. The van der Waals surface area contributed by atoms with Gasteiger partial charge in [0.2, 0.25) is 5.71 Å². The van der Waals surface area contributed by atoms with Crippen molar-refractivity contribution in [1.29, 1.82) is 0 Å². The van der Waals surface area contributed by atoms with Crippen LogP contribution in [-0.2, 0) is 0 Å². The van der Waals surface area contributed by atoms with Crippen LogP contribution < -0.4 is 0 Å². The van der Waals surface area contributed by atoms with Gasteiger partial charge >= 0.3 is 0 Å². The molecule has 3 heterocycles. The minimum absolute atomic E-state index is 0.668. The van der Waals surface area contributed by atoms with Crippen molar-refractivity contribution in [2.75, 3.05) is 0 Å². The molecule has 4 nitrogen and oxygen atoms in total. The standard InChI is InChI=1S/C33H25N3O/c1-20-17-18-25(31-30(20)26-19-21(2)22(3)34-33(26)37-31)32-35-27-14-8-10-16-29(27)36(32)28-15-9-7-13-24(28)23-11-5-4-6-12-23/h4-19H,1-3H3. The lowest BCUT2D eigenvalue weighted by molar-refractivity contribution is 0.652. The van der Waals surface area contributed by atoms with E-state index in [0.29, 0.717) is 5.71 Å². The van der Waals surface area contributed by atoms with E-state index in [-0.39, 0.29) is 0 Å². The zero-order valence-corrected chi connectivity index (χ0v) is 21.0. The second-order valence-corrected chi connectivity index (χ2v) is 9.62. The number of pyridine rings is 1. The SMILES string of the molecule is Cc1cc2c(nc1C)oc1c(-c3nc4ccccc4n3-c3ccccc3-c3ccccc3)ccc(C)c12. The Morgan fingerprint density at radius 1 is 0.676 bits per heavy atom. The molecule has 4 aromatic carbocycles. The van der Waals surface area contributed by atoms with E-state index < -0.39 is 0 Å². The molecule has 0 atom stereocenters. The first kappa shape index (κ1) is 21.6. The van der Waals surface area contributed by atoms with Crippen molar-refractivity contribution < 1.29 is 4.42 Å². The predicted octanol–water partition coefficient (Wildman–Crippen LogP) is 8.58. The van der Waals surface area contributed by atoms with Crippen molar-refractivity contribution in [3.8, 4) is 28.2 Å². The van der Waals surface area contributed by atoms with Gasteiger partial charge in [0.05, 0.1) is 22.3 Å². The Balaban J connectivity index is 1.59. The van der Waals surface area contributed by atoms with Crippen LogP contribution in [-0.4, -0.2) is 14.5 Å². The third-order valence-electron chi connectivity index (χ3n) is 7.30. The molecule has 0 bridgehead atoms. The maximum absolute atomic E-state index is 6.49. The monoisotopic (exact) mass is 479 g/mol. The first-order chi connectivity index (χ1) is 18.1. The van der Waals surface area contributed by atoms with Gasteiger partial charge in [-0.05, 0) is 67.8 Å². The molecule has 178 valence electrons. The molecule has 0 saturated carbocycles. The maximum atomic E-state index is 6.49. The quantitative estimate of drug-likeness (QED) is 0.255. The van der Waals surface area contributed by atoms with Gasteiger partial charge in [-0.3, -0.25) is 4.57 Å². The zero-order chi connectivity index (χ0) is 25.1. The molecule has 0 spiro atoms. The molecule has 0 amide bonds. The Bertz CT molecular complexity index is 1960. The number of aromatic nitrogens is 3. The van der Waals surface area contributed by atoms with E-state index in [1.165, 1.54) is 0 Å². The van der Waals surface area contributed by atoms with Crippen LogP contribution in [0.4, 0.5) is 0 Å². The zero-order valence-electron chi connectivity index (χ0n) is 21.0. The van der Waals surface area contributed by atoms with E-state index in [1.54, 1.807) is 0 Å². The van der Waals surface area contributed by atoms with Crippen molar-refractivity contribution in [1.82, 2.24) is 14.5 Å². The van der Waals surface area contributed by atoms with E-state index in [0.717, 1.165) is 72.4 Å². The normalized spacial score (nSPS) is 11.6. The number of fused-ring (bicyclic) bond motifs is 4. The topological polar surface area (TPSA) is 43.9 Å². The Morgan fingerprint density at radius 3 is 2.30 bits per heavy atom. The molecule has 4 heteroatoms.